The van der Waals surface area contributed by atoms with Gasteiger partial charge in [0.2, 0.25) is 0 Å². The van der Waals surface area contributed by atoms with E-state index in [2.05, 4.69) is 52.5 Å². The lowest BCUT2D eigenvalue weighted by atomic mass is 10.0. The zero-order valence-electron chi connectivity index (χ0n) is 14.2. The summed E-state index contributed by atoms with van der Waals surface area (Å²) in [6.45, 7) is 6.25. The summed E-state index contributed by atoms with van der Waals surface area (Å²) in [7, 11) is 0. The summed E-state index contributed by atoms with van der Waals surface area (Å²) < 4.78 is 0. The Kier molecular flexibility index (Phi) is 3.81. The highest BCUT2D eigenvalue weighted by molar-refractivity contribution is 7.19. The van der Waals surface area contributed by atoms with Crippen LogP contribution in [-0.2, 0) is 12.8 Å². The molecule has 0 radical (unpaired) electrons. The van der Waals surface area contributed by atoms with Crippen LogP contribution in [0, 0.1) is 13.8 Å². The van der Waals surface area contributed by atoms with Gasteiger partial charge in [0, 0.05) is 10.4 Å². The maximum absolute atomic E-state index is 4.60. The Balaban J connectivity index is 1.71. The molecule has 0 aliphatic heterocycles. The number of hydrogen-bond acceptors (Lipinski definition) is 5. The molecule has 1 N–H and O–H groups in total. The smallest absolute Gasteiger partial charge is 0.158 e. The summed E-state index contributed by atoms with van der Waals surface area (Å²) in [6, 6.07) is 6.44. The lowest BCUT2D eigenvalue weighted by Gasteiger charge is -2.08. The Morgan fingerprint density at radius 2 is 2.08 bits per heavy atom. The maximum Gasteiger partial charge on any atom is 0.158 e. The van der Waals surface area contributed by atoms with Crippen molar-refractivity contribution in [1.29, 1.82) is 0 Å². The zero-order chi connectivity index (χ0) is 16.7. The molecule has 0 bridgehead atoms. The molecule has 0 saturated carbocycles. The predicted octanol–water partition coefficient (Wildman–Crippen LogP) is 4.63. The molecule has 1 aromatic carbocycles. The Hall–Kier alpha value is -2.27. The normalized spacial score (nSPS) is 14.2. The summed E-state index contributed by atoms with van der Waals surface area (Å²) in [5, 5.41) is 5.76. The van der Waals surface area contributed by atoms with E-state index < -0.39 is 0 Å². The largest absolute Gasteiger partial charge is 0.260 e. The molecular weight excluding hydrogens is 316 g/mol. The third kappa shape index (κ3) is 2.59. The molecule has 1 aliphatic carbocycles. The number of aryl methyl sites for hydroxylation is 4. The van der Waals surface area contributed by atoms with Crippen molar-refractivity contribution < 1.29 is 0 Å². The highest BCUT2D eigenvalue weighted by Crippen LogP contribution is 2.39. The van der Waals surface area contributed by atoms with Gasteiger partial charge in [-0.25, -0.2) is 9.97 Å². The van der Waals surface area contributed by atoms with E-state index in [1.165, 1.54) is 40.0 Å². The summed E-state index contributed by atoms with van der Waals surface area (Å²) >= 11 is 1.80. The van der Waals surface area contributed by atoms with E-state index in [-0.39, 0.29) is 0 Å². The Bertz CT molecular complexity index is 955. The predicted molar refractivity (Wildman–Crippen MR) is 101 cm³/mol. The van der Waals surface area contributed by atoms with Gasteiger partial charge < -0.3 is 0 Å². The Labute approximate surface area is 145 Å². The SMILES string of the molecule is C/C(=N/Nc1ncnc2sc3c(c12)CCC3)c1cc(C)ccc1C. The second-order valence-electron chi connectivity index (χ2n) is 6.39. The molecule has 0 fully saturated rings. The number of fused-ring (bicyclic) bond motifs is 3. The monoisotopic (exact) mass is 336 g/mol. The Morgan fingerprint density at radius 3 is 2.96 bits per heavy atom. The molecule has 0 spiro atoms. The van der Waals surface area contributed by atoms with E-state index >= 15 is 0 Å². The molecule has 122 valence electrons. The molecule has 0 amide bonds. The van der Waals surface area contributed by atoms with Gasteiger partial charge in [-0.3, -0.25) is 5.43 Å². The van der Waals surface area contributed by atoms with Crippen LogP contribution in [0.2, 0.25) is 0 Å². The van der Waals surface area contributed by atoms with Crippen LogP contribution >= 0.6 is 11.3 Å². The summed E-state index contributed by atoms with van der Waals surface area (Å²) in [6.07, 6.45) is 5.15. The molecule has 4 rings (SSSR count). The van der Waals surface area contributed by atoms with Crippen molar-refractivity contribution in [2.45, 2.75) is 40.0 Å². The van der Waals surface area contributed by atoms with E-state index in [1.807, 2.05) is 6.92 Å². The van der Waals surface area contributed by atoms with Crippen LogP contribution in [-0.4, -0.2) is 15.7 Å². The highest BCUT2D eigenvalue weighted by atomic mass is 32.1. The molecule has 1 aliphatic rings. The van der Waals surface area contributed by atoms with E-state index in [0.717, 1.165) is 28.2 Å². The standard InChI is InChI=1S/C19H20N4S/c1-11-7-8-12(2)15(9-11)13(3)22-23-18-17-14-5-4-6-16(14)24-19(17)21-10-20-18/h7-10H,4-6H2,1-3H3,(H,20,21,23)/b22-13-. The number of anilines is 1. The number of benzene rings is 1. The topological polar surface area (TPSA) is 50.2 Å². The molecular formula is C19H20N4S. The van der Waals surface area contributed by atoms with Gasteiger partial charge in [-0.05, 0) is 57.2 Å². The van der Waals surface area contributed by atoms with Crippen LogP contribution in [0.25, 0.3) is 10.2 Å². The van der Waals surface area contributed by atoms with Gasteiger partial charge in [0.15, 0.2) is 5.82 Å². The third-order valence-corrected chi connectivity index (χ3v) is 5.81. The summed E-state index contributed by atoms with van der Waals surface area (Å²) in [5.41, 5.74) is 9.21. The van der Waals surface area contributed by atoms with Crippen LogP contribution in [0.4, 0.5) is 5.82 Å². The molecule has 5 heteroatoms. The van der Waals surface area contributed by atoms with Crippen molar-refractivity contribution >= 4 is 33.1 Å². The average molecular weight is 336 g/mol. The van der Waals surface area contributed by atoms with Crippen molar-refractivity contribution in [3.05, 3.63) is 51.7 Å². The van der Waals surface area contributed by atoms with E-state index in [1.54, 1.807) is 17.7 Å². The third-order valence-electron chi connectivity index (χ3n) is 4.61. The van der Waals surface area contributed by atoms with Crippen molar-refractivity contribution in [3.63, 3.8) is 0 Å². The molecule has 24 heavy (non-hydrogen) atoms. The maximum atomic E-state index is 4.60. The van der Waals surface area contributed by atoms with Crippen LogP contribution in [0.3, 0.4) is 0 Å². The number of thiophene rings is 1. The van der Waals surface area contributed by atoms with Gasteiger partial charge >= 0.3 is 0 Å². The van der Waals surface area contributed by atoms with Gasteiger partial charge in [-0.1, -0.05) is 17.7 Å². The minimum atomic E-state index is 0.823. The second kappa shape index (κ2) is 5.98. The number of nitrogens with zero attached hydrogens (tertiary/aromatic N) is 3. The minimum absolute atomic E-state index is 0.823. The van der Waals surface area contributed by atoms with Gasteiger partial charge in [0.25, 0.3) is 0 Å². The van der Waals surface area contributed by atoms with Crippen molar-refractivity contribution in [2.75, 3.05) is 5.43 Å². The first-order valence-electron chi connectivity index (χ1n) is 8.26. The van der Waals surface area contributed by atoms with Gasteiger partial charge in [-0.2, -0.15) is 5.10 Å². The molecule has 3 aromatic rings. The van der Waals surface area contributed by atoms with Gasteiger partial charge in [-0.15, -0.1) is 11.3 Å². The molecule has 0 atom stereocenters. The molecule has 2 heterocycles. The number of nitrogens with one attached hydrogen (secondary N) is 1. The van der Waals surface area contributed by atoms with Gasteiger partial charge in [0.1, 0.15) is 11.2 Å². The fraction of sp³-hybridized carbons (Fsp3) is 0.316. The number of rotatable bonds is 3. The molecule has 4 nitrogen and oxygen atoms in total. The number of hydrogen-bond donors (Lipinski definition) is 1. The molecule has 0 unspecified atom stereocenters. The molecule has 2 aromatic heterocycles. The fourth-order valence-electron chi connectivity index (χ4n) is 3.34. The summed E-state index contributed by atoms with van der Waals surface area (Å²) in [5.74, 6) is 0.823. The average Bonchev–Trinajstić information content (AvgIpc) is 3.15. The minimum Gasteiger partial charge on any atom is -0.260 e. The number of aromatic nitrogens is 2. The van der Waals surface area contributed by atoms with Crippen LogP contribution in [0.5, 0.6) is 0 Å². The number of hydrazone groups is 1. The first-order chi connectivity index (χ1) is 11.6. The molecule has 0 saturated heterocycles. The first-order valence-corrected chi connectivity index (χ1v) is 9.08. The summed E-state index contributed by atoms with van der Waals surface area (Å²) in [4.78, 5) is 11.4. The second-order valence-corrected chi connectivity index (χ2v) is 7.47. The van der Waals surface area contributed by atoms with E-state index in [4.69, 9.17) is 0 Å². The van der Waals surface area contributed by atoms with E-state index in [0.29, 0.717) is 0 Å². The highest BCUT2D eigenvalue weighted by Gasteiger charge is 2.21. The zero-order valence-corrected chi connectivity index (χ0v) is 15.0. The van der Waals surface area contributed by atoms with Gasteiger partial charge in [0.05, 0.1) is 11.1 Å². The van der Waals surface area contributed by atoms with Crippen LogP contribution < -0.4 is 5.43 Å². The fourth-order valence-corrected chi connectivity index (χ4v) is 4.56. The van der Waals surface area contributed by atoms with Crippen molar-refractivity contribution in [2.24, 2.45) is 5.10 Å². The quantitative estimate of drug-likeness (QED) is 0.560. The first kappa shape index (κ1) is 15.3. The van der Waals surface area contributed by atoms with Crippen LogP contribution in [0.15, 0.2) is 29.6 Å². The van der Waals surface area contributed by atoms with E-state index in [9.17, 15) is 0 Å². The van der Waals surface area contributed by atoms with Crippen molar-refractivity contribution in [1.82, 2.24) is 9.97 Å². The lowest BCUT2D eigenvalue weighted by Crippen LogP contribution is -2.04. The Morgan fingerprint density at radius 1 is 1.21 bits per heavy atom. The van der Waals surface area contributed by atoms with Crippen LogP contribution in [0.1, 0.15) is 40.5 Å². The van der Waals surface area contributed by atoms with Crippen molar-refractivity contribution in [3.8, 4) is 0 Å². The lowest BCUT2D eigenvalue weighted by molar-refractivity contribution is 0.917.